The Balaban J connectivity index is 1.56. The molecule has 0 radical (unpaired) electrons. The molecule has 0 unspecified atom stereocenters. The largest absolute Gasteiger partial charge is 0.507 e. The second-order valence-electron chi connectivity index (χ2n) is 10.4. The van der Waals surface area contributed by atoms with Crippen molar-refractivity contribution >= 4 is 17.4 Å². The number of nitrogens with zero attached hydrogens (tertiary/aromatic N) is 1. The quantitative estimate of drug-likeness (QED) is 0.284. The summed E-state index contributed by atoms with van der Waals surface area (Å²) in [6, 6.07) is 9.49. The van der Waals surface area contributed by atoms with Gasteiger partial charge in [0.05, 0.1) is 31.4 Å². The summed E-state index contributed by atoms with van der Waals surface area (Å²) in [4.78, 5) is 28.3. The molecule has 2 aromatic rings. The van der Waals surface area contributed by atoms with E-state index in [0.717, 1.165) is 19.3 Å². The number of Topliss-reactive ketones (excluding diaryl/α,β-unsaturated/α-hetero) is 1. The molecule has 0 bridgehead atoms. The number of ketones is 1. The first-order valence-electron chi connectivity index (χ1n) is 13.5. The number of amides is 1. The summed E-state index contributed by atoms with van der Waals surface area (Å²) in [5.41, 5.74) is 0.990. The number of carbonyl (C=O) groups excluding carboxylic acids is 2. The van der Waals surface area contributed by atoms with Crippen LogP contribution in [0.2, 0.25) is 0 Å². The van der Waals surface area contributed by atoms with Crippen LogP contribution in [0, 0.1) is 5.92 Å². The van der Waals surface area contributed by atoms with Gasteiger partial charge in [-0.05, 0) is 61.1 Å². The van der Waals surface area contributed by atoms with Gasteiger partial charge in [0.15, 0.2) is 23.0 Å². The number of aliphatic hydroxyl groups is 1. The van der Waals surface area contributed by atoms with Crippen LogP contribution in [0.25, 0.3) is 5.76 Å². The molecule has 2 aromatic carbocycles. The summed E-state index contributed by atoms with van der Waals surface area (Å²) in [6.45, 7) is 6.47. The fraction of sp³-hybridized carbons (Fsp3) is 0.467. The van der Waals surface area contributed by atoms with Gasteiger partial charge in [-0.1, -0.05) is 19.9 Å². The Labute approximate surface area is 228 Å². The van der Waals surface area contributed by atoms with Crippen LogP contribution in [-0.4, -0.2) is 67.9 Å². The van der Waals surface area contributed by atoms with Gasteiger partial charge < -0.3 is 33.7 Å². The molecule has 0 spiro atoms. The van der Waals surface area contributed by atoms with Crippen LogP contribution in [0.15, 0.2) is 42.0 Å². The molecule has 1 N–H and O–H groups in total. The first-order valence-corrected chi connectivity index (χ1v) is 13.5. The van der Waals surface area contributed by atoms with E-state index in [0.29, 0.717) is 66.5 Å². The molecule has 2 fully saturated rings. The van der Waals surface area contributed by atoms with Gasteiger partial charge in [-0.2, -0.15) is 0 Å². The van der Waals surface area contributed by atoms with E-state index in [1.165, 1.54) is 4.90 Å². The minimum Gasteiger partial charge on any atom is -0.507 e. The highest BCUT2D eigenvalue weighted by atomic mass is 16.6. The normalized spacial score (nSPS) is 22.0. The monoisotopic (exact) mass is 537 g/mol. The SMILES string of the molecule is COc1cc([C@@H]2C(=C(O)c3ccc4c(c3)OCCO4)C(=O)C(=O)N2C[C@H]2CCCO2)ccc1OCCC(C)C. The molecule has 9 nitrogen and oxygen atoms in total. The number of hydrogen-bond donors (Lipinski definition) is 1. The first kappa shape index (κ1) is 26.9. The van der Waals surface area contributed by atoms with E-state index in [1.54, 1.807) is 37.4 Å². The second kappa shape index (κ2) is 11.6. The average molecular weight is 538 g/mol. The van der Waals surface area contributed by atoms with Crippen molar-refractivity contribution in [2.75, 3.05) is 40.1 Å². The highest BCUT2D eigenvalue weighted by molar-refractivity contribution is 6.46. The van der Waals surface area contributed by atoms with Gasteiger partial charge in [-0.15, -0.1) is 0 Å². The van der Waals surface area contributed by atoms with Crippen molar-refractivity contribution in [3.8, 4) is 23.0 Å². The average Bonchev–Trinajstić information content (AvgIpc) is 3.55. The van der Waals surface area contributed by atoms with Crippen molar-refractivity contribution in [3.63, 3.8) is 0 Å². The van der Waals surface area contributed by atoms with Gasteiger partial charge in [-0.25, -0.2) is 0 Å². The standard InChI is InChI=1S/C30H35NO8/c1-18(2)10-12-37-22-8-6-19(15-24(22)35-3)27-26(29(33)30(34)31(27)17-21-5-4-11-36-21)28(32)20-7-9-23-25(16-20)39-14-13-38-23/h6-9,15-16,18,21,27,32H,4-5,10-14,17H2,1-3H3/t21-,27-/m1/s1. The van der Waals surface area contributed by atoms with E-state index in [2.05, 4.69) is 13.8 Å². The number of ether oxygens (including phenoxy) is 5. The van der Waals surface area contributed by atoms with Gasteiger partial charge >= 0.3 is 0 Å². The Morgan fingerprint density at radius 1 is 1.05 bits per heavy atom. The maximum absolute atomic E-state index is 13.4. The molecular weight excluding hydrogens is 502 g/mol. The van der Waals surface area contributed by atoms with Crippen LogP contribution < -0.4 is 18.9 Å². The number of aliphatic hydroxyl groups excluding tert-OH is 1. The molecule has 5 rings (SSSR count). The first-order chi connectivity index (χ1) is 18.9. The van der Waals surface area contributed by atoms with Gasteiger partial charge in [0, 0.05) is 18.7 Å². The maximum Gasteiger partial charge on any atom is 0.295 e. The van der Waals surface area contributed by atoms with Crippen molar-refractivity contribution in [1.82, 2.24) is 4.90 Å². The van der Waals surface area contributed by atoms with Crippen LogP contribution in [0.1, 0.15) is 50.3 Å². The number of benzene rings is 2. The molecule has 39 heavy (non-hydrogen) atoms. The second-order valence-corrected chi connectivity index (χ2v) is 10.4. The van der Waals surface area contributed by atoms with Crippen LogP contribution in [-0.2, 0) is 14.3 Å². The summed E-state index contributed by atoms with van der Waals surface area (Å²) in [5, 5.41) is 11.5. The van der Waals surface area contributed by atoms with Crippen molar-refractivity contribution in [2.45, 2.75) is 45.3 Å². The predicted octanol–water partition coefficient (Wildman–Crippen LogP) is 4.49. The molecule has 1 amide bonds. The molecule has 9 heteroatoms. The summed E-state index contributed by atoms with van der Waals surface area (Å²) < 4.78 is 28.6. The fourth-order valence-electron chi connectivity index (χ4n) is 5.15. The summed E-state index contributed by atoms with van der Waals surface area (Å²) in [6.07, 6.45) is 2.40. The third kappa shape index (κ3) is 5.54. The Morgan fingerprint density at radius 2 is 1.85 bits per heavy atom. The highest BCUT2D eigenvalue weighted by Gasteiger charge is 2.47. The van der Waals surface area contributed by atoms with E-state index < -0.39 is 17.7 Å². The minimum absolute atomic E-state index is 0.00482. The topological polar surface area (TPSA) is 104 Å². The third-order valence-corrected chi connectivity index (χ3v) is 7.24. The van der Waals surface area contributed by atoms with Crippen LogP contribution in [0.5, 0.6) is 23.0 Å². The summed E-state index contributed by atoms with van der Waals surface area (Å²) >= 11 is 0. The van der Waals surface area contributed by atoms with Gasteiger partial charge in [0.25, 0.3) is 11.7 Å². The Bertz CT molecular complexity index is 1260. The Kier molecular flexibility index (Phi) is 7.97. The lowest BCUT2D eigenvalue weighted by atomic mass is 9.94. The van der Waals surface area contributed by atoms with E-state index in [1.807, 2.05) is 6.07 Å². The molecule has 0 saturated carbocycles. The zero-order valence-electron chi connectivity index (χ0n) is 22.6. The molecule has 3 heterocycles. The van der Waals surface area contributed by atoms with Gasteiger partial charge in [0.1, 0.15) is 19.0 Å². The smallest absolute Gasteiger partial charge is 0.295 e. The number of carbonyl (C=O) groups is 2. The molecule has 0 aliphatic carbocycles. The number of fused-ring (bicyclic) bond motifs is 1. The maximum atomic E-state index is 13.4. The van der Waals surface area contributed by atoms with Crippen molar-refractivity contribution in [1.29, 1.82) is 0 Å². The van der Waals surface area contributed by atoms with E-state index in [9.17, 15) is 14.7 Å². The van der Waals surface area contributed by atoms with Crippen molar-refractivity contribution in [2.24, 2.45) is 5.92 Å². The van der Waals surface area contributed by atoms with Crippen LogP contribution >= 0.6 is 0 Å². The lowest BCUT2D eigenvalue weighted by Gasteiger charge is -2.28. The van der Waals surface area contributed by atoms with Gasteiger partial charge in [-0.3, -0.25) is 9.59 Å². The summed E-state index contributed by atoms with van der Waals surface area (Å²) in [5.74, 6) is 0.885. The number of rotatable bonds is 9. The Morgan fingerprint density at radius 3 is 2.56 bits per heavy atom. The molecule has 2 atom stereocenters. The molecule has 2 saturated heterocycles. The third-order valence-electron chi connectivity index (χ3n) is 7.24. The summed E-state index contributed by atoms with van der Waals surface area (Å²) in [7, 11) is 1.55. The number of likely N-dealkylation sites (tertiary alicyclic amines) is 1. The molecular formula is C30H35NO8. The lowest BCUT2D eigenvalue weighted by molar-refractivity contribution is -0.140. The van der Waals surface area contributed by atoms with E-state index in [-0.39, 0.29) is 24.0 Å². The number of hydrogen-bond acceptors (Lipinski definition) is 8. The predicted molar refractivity (Wildman–Crippen MR) is 143 cm³/mol. The zero-order chi connectivity index (χ0) is 27.5. The van der Waals surface area contributed by atoms with Crippen LogP contribution in [0.3, 0.4) is 0 Å². The highest BCUT2D eigenvalue weighted by Crippen LogP contribution is 2.43. The minimum atomic E-state index is -0.832. The van der Waals surface area contributed by atoms with Gasteiger partial charge in [0.2, 0.25) is 0 Å². The van der Waals surface area contributed by atoms with Crippen LogP contribution in [0.4, 0.5) is 0 Å². The van der Waals surface area contributed by atoms with Crippen molar-refractivity contribution in [3.05, 3.63) is 53.1 Å². The molecule has 208 valence electrons. The molecule has 3 aliphatic rings. The molecule has 0 aromatic heterocycles. The fourth-order valence-corrected chi connectivity index (χ4v) is 5.15. The van der Waals surface area contributed by atoms with E-state index in [4.69, 9.17) is 23.7 Å². The molecule has 3 aliphatic heterocycles. The number of methoxy groups -OCH3 is 1. The lowest BCUT2D eigenvalue weighted by Crippen LogP contribution is -2.36. The van der Waals surface area contributed by atoms with Crippen molar-refractivity contribution < 1.29 is 38.4 Å². The zero-order valence-corrected chi connectivity index (χ0v) is 22.6. The Hall–Kier alpha value is -3.72. The van der Waals surface area contributed by atoms with E-state index >= 15 is 0 Å².